The predicted octanol–water partition coefficient (Wildman–Crippen LogP) is 3.40. The van der Waals surface area contributed by atoms with Crippen molar-refractivity contribution < 1.29 is 14.3 Å². The number of thiophene rings is 1. The first kappa shape index (κ1) is 17.7. The Kier molecular flexibility index (Phi) is 6.76. The summed E-state index contributed by atoms with van der Waals surface area (Å²) in [7, 11) is 1.38. The van der Waals surface area contributed by atoms with E-state index < -0.39 is 0 Å². The molecule has 0 amide bonds. The smallest absolute Gasteiger partial charge is 0.348 e. The summed E-state index contributed by atoms with van der Waals surface area (Å²) in [6.07, 6.45) is 0.904. The van der Waals surface area contributed by atoms with E-state index in [0.717, 1.165) is 42.0 Å². The summed E-state index contributed by atoms with van der Waals surface area (Å²) < 4.78 is 11.1. The number of carbonyl (C=O) groups excluding carboxylic acids is 1. The molecule has 0 bridgehead atoms. The number of rotatable bonds is 7. The maximum absolute atomic E-state index is 11.6. The van der Waals surface area contributed by atoms with Gasteiger partial charge in [0.2, 0.25) is 0 Å². The monoisotopic (exact) mass is 352 g/mol. The molecule has 0 aliphatic rings. The number of thiocarbonyl (C=S) groups is 1. The first-order chi connectivity index (χ1) is 11.1. The number of carbonyl (C=O) groups is 1. The van der Waals surface area contributed by atoms with E-state index in [1.807, 2.05) is 31.2 Å². The minimum absolute atomic E-state index is 0.313. The second-order valence-electron chi connectivity index (χ2n) is 4.79. The number of ether oxygens (including phenoxy) is 2. The van der Waals surface area contributed by atoms with Gasteiger partial charge in [-0.3, -0.25) is 0 Å². The van der Waals surface area contributed by atoms with Crippen molar-refractivity contribution in [2.45, 2.75) is 13.3 Å². The summed E-state index contributed by atoms with van der Waals surface area (Å²) in [5, 5.41) is 7.84. The maximum atomic E-state index is 11.6. The molecule has 0 atom stereocenters. The number of nitrogens with one attached hydrogen (secondary N) is 2. The molecule has 5 nitrogen and oxygen atoms in total. The Morgan fingerprint density at radius 1 is 1.35 bits per heavy atom. The highest BCUT2D eigenvalue weighted by Crippen LogP contribution is 2.28. The van der Waals surface area contributed by atoms with Crippen LogP contribution in [0, 0.1) is 0 Å². The van der Waals surface area contributed by atoms with Crippen molar-refractivity contribution in [1.82, 2.24) is 5.32 Å². The number of benzene rings is 1. The summed E-state index contributed by atoms with van der Waals surface area (Å²) >= 11 is 6.68. The SMILES string of the molecule is CCOCCCNC(=S)Nc1ccc2sc(C(=O)OC)cc2c1. The quantitative estimate of drug-likeness (QED) is 0.452. The average molecular weight is 352 g/mol. The van der Waals surface area contributed by atoms with E-state index in [1.54, 1.807) is 0 Å². The molecule has 2 aromatic rings. The van der Waals surface area contributed by atoms with Gasteiger partial charge in [0.15, 0.2) is 5.11 Å². The third-order valence-corrected chi connectivity index (χ3v) is 4.46. The van der Waals surface area contributed by atoms with Crippen LogP contribution in [0.4, 0.5) is 5.69 Å². The highest BCUT2D eigenvalue weighted by molar-refractivity contribution is 7.80. The number of fused-ring (bicyclic) bond motifs is 1. The van der Waals surface area contributed by atoms with Gasteiger partial charge in [0.1, 0.15) is 4.88 Å². The van der Waals surface area contributed by atoms with Crippen molar-refractivity contribution >= 4 is 50.4 Å². The number of hydrogen-bond donors (Lipinski definition) is 2. The van der Waals surface area contributed by atoms with Gasteiger partial charge in [0.25, 0.3) is 0 Å². The Bertz CT molecular complexity index is 685. The standard InChI is InChI=1S/C16H20N2O3S2/c1-3-21-8-4-7-17-16(22)18-12-5-6-13-11(9-12)10-14(23-13)15(19)20-2/h5-6,9-10H,3-4,7-8H2,1-2H3,(H2,17,18,22). The van der Waals surface area contributed by atoms with Crippen molar-refractivity contribution in [1.29, 1.82) is 0 Å². The normalized spacial score (nSPS) is 10.5. The third-order valence-electron chi connectivity index (χ3n) is 3.12. The Hall–Kier alpha value is -1.70. The largest absolute Gasteiger partial charge is 0.465 e. The molecule has 2 N–H and O–H groups in total. The van der Waals surface area contributed by atoms with Crippen LogP contribution in [0.1, 0.15) is 23.0 Å². The number of methoxy groups -OCH3 is 1. The molecular weight excluding hydrogens is 332 g/mol. The molecule has 1 aromatic carbocycles. The van der Waals surface area contributed by atoms with Gasteiger partial charge in [0, 0.05) is 30.1 Å². The molecule has 0 aliphatic heterocycles. The summed E-state index contributed by atoms with van der Waals surface area (Å²) in [4.78, 5) is 12.2. The zero-order chi connectivity index (χ0) is 16.7. The Morgan fingerprint density at radius 2 is 2.17 bits per heavy atom. The van der Waals surface area contributed by atoms with Gasteiger partial charge in [-0.05, 0) is 55.2 Å². The molecule has 0 unspecified atom stereocenters. The first-order valence-corrected chi connectivity index (χ1v) is 8.61. The lowest BCUT2D eigenvalue weighted by Crippen LogP contribution is -2.29. The van der Waals surface area contributed by atoms with Gasteiger partial charge >= 0.3 is 5.97 Å². The van der Waals surface area contributed by atoms with E-state index in [0.29, 0.717) is 9.99 Å². The molecular formula is C16H20N2O3S2. The van der Waals surface area contributed by atoms with Crippen molar-refractivity contribution in [2.75, 3.05) is 32.2 Å². The van der Waals surface area contributed by atoms with E-state index in [-0.39, 0.29) is 5.97 Å². The van der Waals surface area contributed by atoms with Crippen LogP contribution in [0.15, 0.2) is 24.3 Å². The molecule has 0 aliphatic carbocycles. The molecule has 1 heterocycles. The van der Waals surface area contributed by atoms with Gasteiger partial charge in [-0.15, -0.1) is 11.3 Å². The fourth-order valence-electron chi connectivity index (χ4n) is 2.02. The molecule has 23 heavy (non-hydrogen) atoms. The van der Waals surface area contributed by atoms with Crippen molar-refractivity contribution in [2.24, 2.45) is 0 Å². The molecule has 0 saturated carbocycles. The van der Waals surface area contributed by atoms with Crippen molar-refractivity contribution in [3.63, 3.8) is 0 Å². The van der Waals surface area contributed by atoms with E-state index >= 15 is 0 Å². The van der Waals surface area contributed by atoms with E-state index in [1.165, 1.54) is 18.4 Å². The molecule has 0 saturated heterocycles. The van der Waals surface area contributed by atoms with Crippen LogP contribution in [-0.4, -0.2) is 38.0 Å². The molecule has 1 aromatic heterocycles. The zero-order valence-corrected chi connectivity index (χ0v) is 14.8. The predicted molar refractivity (Wildman–Crippen MR) is 98.5 cm³/mol. The van der Waals surface area contributed by atoms with Gasteiger partial charge in [0.05, 0.1) is 7.11 Å². The van der Waals surface area contributed by atoms with Crippen molar-refractivity contribution in [3.05, 3.63) is 29.1 Å². The molecule has 0 radical (unpaired) electrons. The average Bonchev–Trinajstić information content (AvgIpc) is 2.97. The van der Waals surface area contributed by atoms with Gasteiger partial charge < -0.3 is 20.1 Å². The summed E-state index contributed by atoms with van der Waals surface area (Å²) in [6, 6.07) is 7.70. The second kappa shape index (κ2) is 8.81. The zero-order valence-electron chi connectivity index (χ0n) is 13.2. The number of esters is 1. The fraction of sp³-hybridized carbons (Fsp3) is 0.375. The first-order valence-electron chi connectivity index (χ1n) is 7.38. The van der Waals surface area contributed by atoms with Crippen molar-refractivity contribution in [3.8, 4) is 0 Å². The lowest BCUT2D eigenvalue weighted by Gasteiger charge is -2.10. The van der Waals surface area contributed by atoms with Crippen LogP contribution in [-0.2, 0) is 9.47 Å². The molecule has 0 fully saturated rings. The fourth-order valence-corrected chi connectivity index (χ4v) is 3.20. The minimum Gasteiger partial charge on any atom is -0.465 e. The van der Waals surface area contributed by atoms with Crippen LogP contribution in [0.5, 0.6) is 0 Å². The molecule has 124 valence electrons. The molecule has 0 spiro atoms. The van der Waals surface area contributed by atoms with Gasteiger partial charge in [-0.2, -0.15) is 0 Å². The number of anilines is 1. The lowest BCUT2D eigenvalue weighted by atomic mass is 10.2. The highest BCUT2D eigenvalue weighted by Gasteiger charge is 2.10. The van der Waals surface area contributed by atoms with Gasteiger partial charge in [-0.1, -0.05) is 0 Å². The van der Waals surface area contributed by atoms with Crippen LogP contribution in [0.3, 0.4) is 0 Å². The summed E-state index contributed by atoms with van der Waals surface area (Å²) in [6.45, 7) is 4.20. The van der Waals surface area contributed by atoms with Gasteiger partial charge in [-0.25, -0.2) is 4.79 Å². The Labute approximate surface area is 145 Å². The van der Waals surface area contributed by atoms with Crippen LogP contribution < -0.4 is 10.6 Å². The molecule has 7 heteroatoms. The maximum Gasteiger partial charge on any atom is 0.348 e. The Morgan fingerprint density at radius 3 is 2.91 bits per heavy atom. The topological polar surface area (TPSA) is 59.6 Å². The van der Waals surface area contributed by atoms with Crippen LogP contribution in [0.25, 0.3) is 10.1 Å². The Balaban J connectivity index is 1.92. The third kappa shape index (κ3) is 5.16. The lowest BCUT2D eigenvalue weighted by molar-refractivity contribution is 0.0606. The van der Waals surface area contributed by atoms with E-state index in [9.17, 15) is 4.79 Å². The summed E-state index contributed by atoms with van der Waals surface area (Å²) in [5.74, 6) is -0.313. The number of hydrogen-bond acceptors (Lipinski definition) is 5. The van der Waals surface area contributed by atoms with Crippen LogP contribution >= 0.6 is 23.6 Å². The van der Waals surface area contributed by atoms with E-state index in [2.05, 4.69) is 10.6 Å². The minimum atomic E-state index is -0.313. The van der Waals surface area contributed by atoms with Crippen LogP contribution in [0.2, 0.25) is 0 Å². The molecule has 2 rings (SSSR count). The summed E-state index contributed by atoms with van der Waals surface area (Å²) in [5.41, 5.74) is 0.883. The van der Waals surface area contributed by atoms with E-state index in [4.69, 9.17) is 21.7 Å². The second-order valence-corrected chi connectivity index (χ2v) is 6.28. The highest BCUT2D eigenvalue weighted by atomic mass is 32.1.